The van der Waals surface area contributed by atoms with Crippen LogP contribution >= 0.6 is 22.9 Å². The minimum Gasteiger partial charge on any atom is -0.347 e. The van der Waals surface area contributed by atoms with E-state index in [-0.39, 0.29) is 23.8 Å². The fourth-order valence-electron chi connectivity index (χ4n) is 2.80. The molecule has 144 valence electrons. The second kappa shape index (κ2) is 8.40. The third-order valence-corrected chi connectivity index (χ3v) is 5.82. The van der Waals surface area contributed by atoms with Gasteiger partial charge in [-0.1, -0.05) is 25.4 Å². The first-order valence-corrected chi connectivity index (χ1v) is 10.4. The number of aryl methyl sites for hydroxylation is 1. The van der Waals surface area contributed by atoms with Crippen LogP contribution in [0.5, 0.6) is 0 Å². The first kappa shape index (κ1) is 19.8. The number of rotatable bonds is 7. The largest absolute Gasteiger partial charge is 0.347 e. The zero-order valence-corrected chi connectivity index (χ0v) is 17.3. The molecule has 2 amide bonds. The molecule has 0 aliphatic heterocycles. The van der Waals surface area contributed by atoms with Crippen molar-refractivity contribution >= 4 is 40.4 Å². The lowest BCUT2D eigenvalue weighted by Gasteiger charge is -2.18. The van der Waals surface area contributed by atoms with Gasteiger partial charge in [-0.2, -0.15) is 0 Å². The lowest BCUT2D eigenvalue weighted by atomic mass is 10.0. The highest BCUT2D eigenvalue weighted by atomic mass is 35.5. The summed E-state index contributed by atoms with van der Waals surface area (Å²) in [5, 5.41) is 9.12. The molecule has 1 atom stereocenters. The number of nitrogens with one attached hydrogen (secondary N) is 2. The standard InChI is InChI=1S/C20H24ClN3O2S/c1-11(2)8-16(23-18(25)13-4-5-13)20-24-17(10-27-20)19(26)22-14-6-7-15(21)12(3)9-14/h6-7,9-11,13,16H,4-5,8H2,1-3H3,(H,22,26)(H,23,25)/t16-/m0/s1. The van der Waals surface area contributed by atoms with Gasteiger partial charge in [-0.25, -0.2) is 4.98 Å². The van der Waals surface area contributed by atoms with E-state index in [1.807, 2.05) is 13.0 Å². The quantitative estimate of drug-likeness (QED) is 0.683. The molecule has 3 rings (SSSR count). The highest BCUT2D eigenvalue weighted by Crippen LogP contribution is 2.32. The number of anilines is 1. The van der Waals surface area contributed by atoms with E-state index in [1.54, 1.807) is 17.5 Å². The van der Waals surface area contributed by atoms with Crippen LogP contribution in [-0.2, 0) is 4.79 Å². The maximum atomic E-state index is 12.5. The van der Waals surface area contributed by atoms with Crippen molar-refractivity contribution in [2.24, 2.45) is 11.8 Å². The van der Waals surface area contributed by atoms with E-state index < -0.39 is 0 Å². The van der Waals surface area contributed by atoms with Crippen molar-refractivity contribution in [1.82, 2.24) is 10.3 Å². The summed E-state index contributed by atoms with van der Waals surface area (Å²) in [5.74, 6) is 0.387. The molecule has 1 saturated carbocycles. The van der Waals surface area contributed by atoms with Gasteiger partial charge in [-0.05, 0) is 55.9 Å². The van der Waals surface area contributed by atoms with Gasteiger partial charge < -0.3 is 10.6 Å². The molecule has 1 fully saturated rings. The zero-order valence-electron chi connectivity index (χ0n) is 15.7. The highest BCUT2D eigenvalue weighted by molar-refractivity contribution is 7.10. The third-order valence-electron chi connectivity index (χ3n) is 4.44. The number of hydrogen-bond acceptors (Lipinski definition) is 4. The monoisotopic (exact) mass is 405 g/mol. The minimum atomic E-state index is -0.268. The van der Waals surface area contributed by atoms with Gasteiger partial charge >= 0.3 is 0 Å². The molecule has 1 aromatic carbocycles. The molecule has 27 heavy (non-hydrogen) atoms. The van der Waals surface area contributed by atoms with Gasteiger partial charge in [0.1, 0.15) is 10.7 Å². The molecular weight excluding hydrogens is 382 g/mol. The van der Waals surface area contributed by atoms with Crippen LogP contribution in [-0.4, -0.2) is 16.8 Å². The molecule has 1 aliphatic carbocycles. The Morgan fingerprint density at radius 3 is 2.70 bits per heavy atom. The van der Waals surface area contributed by atoms with E-state index in [0.717, 1.165) is 29.8 Å². The van der Waals surface area contributed by atoms with Gasteiger partial charge in [-0.15, -0.1) is 11.3 Å². The summed E-state index contributed by atoms with van der Waals surface area (Å²) in [5.41, 5.74) is 1.93. The summed E-state index contributed by atoms with van der Waals surface area (Å²) in [6.07, 6.45) is 2.72. The van der Waals surface area contributed by atoms with Crippen molar-refractivity contribution in [3.63, 3.8) is 0 Å². The number of carbonyl (C=O) groups excluding carboxylic acids is 2. The van der Waals surface area contributed by atoms with E-state index >= 15 is 0 Å². The number of hydrogen-bond donors (Lipinski definition) is 2. The lowest BCUT2D eigenvalue weighted by molar-refractivity contribution is -0.123. The Bertz CT molecular complexity index is 846. The summed E-state index contributed by atoms with van der Waals surface area (Å²) in [7, 11) is 0. The second-order valence-electron chi connectivity index (χ2n) is 7.45. The third kappa shape index (κ3) is 5.30. The molecule has 0 saturated heterocycles. The number of aromatic nitrogens is 1. The number of benzene rings is 1. The van der Waals surface area contributed by atoms with Crippen LogP contribution in [0, 0.1) is 18.8 Å². The van der Waals surface area contributed by atoms with Crippen LogP contribution in [0.15, 0.2) is 23.6 Å². The van der Waals surface area contributed by atoms with Crippen molar-refractivity contribution in [3.05, 3.63) is 44.9 Å². The molecule has 5 nitrogen and oxygen atoms in total. The van der Waals surface area contributed by atoms with Crippen LogP contribution in [0.1, 0.15) is 60.2 Å². The first-order chi connectivity index (χ1) is 12.8. The Kier molecular flexibility index (Phi) is 6.17. The highest BCUT2D eigenvalue weighted by Gasteiger charge is 2.32. The summed E-state index contributed by atoms with van der Waals surface area (Å²) in [6, 6.07) is 5.19. The maximum Gasteiger partial charge on any atom is 0.275 e. The van der Waals surface area contributed by atoms with Gasteiger partial charge in [-0.3, -0.25) is 9.59 Å². The molecule has 0 unspecified atom stereocenters. The molecule has 0 bridgehead atoms. The van der Waals surface area contributed by atoms with Crippen molar-refractivity contribution in [2.45, 2.75) is 46.1 Å². The average molecular weight is 406 g/mol. The predicted molar refractivity (Wildman–Crippen MR) is 109 cm³/mol. The number of thiazole rings is 1. The molecular formula is C20H24ClN3O2S. The van der Waals surface area contributed by atoms with Crippen molar-refractivity contribution in [1.29, 1.82) is 0 Å². The smallest absolute Gasteiger partial charge is 0.275 e. The van der Waals surface area contributed by atoms with E-state index in [1.165, 1.54) is 11.3 Å². The van der Waals surface area contributed by atoms with E-state index in [2.05, 4.69) is 29.5 Å². The second-order valence-corrected chi connectivity index (χ2v) is 8.75. The van der Waals surface area contributed by atoms with Crippen LogP contribution in [0.25, 0.3) is 0 Å². The lowest BCUT2D eigenvalue weighted by Crippen LogP contribution is -2.30. The molecule has 0 radical (unpaired) electrons. The van der Waals surface area contributed by atoms with Gasteiger partial charge in [0, 0.05) is 22.0 Å². The molecule has 1 heterocycles. The van der Waals surface area contributed by atoms with Gasteiger partial charge in [0.2, 0.25) is 5.91 Å². The van der Waals surface area contributed by atoms with Crippen molar-refractivity contribution in [2.75, 3.05) is 5.32 Å². The molecule has 0 spiro atoms. The van der Waals surface area contributed by atoms with Crippen LogP contribution in [0.2, 0.25) is 5.02 Å². The Labute approximate surface area is 168 Å². The average Bonchev–Trinajstić information content (AvgIpc) is 3.34. The maximum absolute atomic E-state index is 12.5. The summed E-state index contributed by atoms with van der Waals surface area (Å²) in [4.78, 5) is 29.2. The number of amides is 2. The van der Waals surface area contributed by atoms with Crippen LogP contribution in [0.4, 0.5) is 5.69 Å². The van der Waals surface area contributed by atoms with Gasteiger partial charge in [0.05, 0.1) is 6.04 Å². The number of carbonyl (C=O) groups is 2. The molecule has 7 heteroatoms. The normalized spacial score (nSPS) is 14.9. The first-order valence-electron chi connectivity index (χ1n) is 9.16. The van der Waals surface area contributed by atoms with Crippen molar-refractivity contribution in [3.8, 4) is 0 Å². The molecule has 2 aromatic rings. The van der Waals surface area contributed by atoms with Crippen molar-refractivity contribution < 1.29 is 9.59 Å². The fourth-order valence-corrected chi connectivity index (χ4v) is 3.78. The minimum absolute atomic E-state index is 0.0958. The Morgan fingerprint density at radius 2 is 2.07 bits per heavy atom. The number of halogens is 1. The Morgan fingerprint density at radius 1 is 1.33 bits per heavy atom. The SMILES string of the molecule is Cc1cc(NC(=O)c2csc([C@H](CC(C)C)NC(=O)C3CC3)n2)ccc1Cl. The van der Waals surface area contributed by atoms with Gasteiger partial charge in [0.25, 0.3) is 5.91 Å². The van der Waals surface area contributed by atoms with Crippen LogP contribution in [0.3, 0.4) is 0 Å². The predicted octanol–water partition coefficient (Wildman–Crippen LogP) is 4.97. The molecule has 2 N–H and O–H groups in total. The van der Waals surface area contributed by atoms with E-state index in [9.17, 15) is 9.59 Å². The van der Waals surface area contributed by atoms with Gasteiger partial charge in [0.15, 0.2) is 0 Å². The summed E-state index contributed by atoms with van der Waals surface area (Å²) >= 11 is 7.43. The Hall–Kier alpha value is -1.92. The summed E-state index contributed by atoms with van der Waals surface area (Å²) in [6.45, 7) is 6.11. The van der Waals surface area contributed by atoms with E-state index in [4.69, 9.17) is 11.6 Å². The molecule has 1 aromatic heterocycles. The fraction of sp³-hybridized carbons (Fsp3) is 0.450. The molecule has 1 aliphatic rings. The Balaban J connectivity index is 1.71. The van der Waals surface area contributed by atoms with Crippen LogP contribution < -0.4 is 10.6 Å². The number of nitrogens with zero attached hydrogens (tertiary/aromatic N) is 1. The topological polar surface area (TPSA) is 71.1 Å². The van der Waals surface area contributed by atoms with E-state index in [0.29, 0.717) is 22.3 Å². The summed E-state index contributed by atoms with van der Waals surface area (Å²) < 4.78 is 0. The zero-order chi connectivity index (χ0) is 19.6.